The van der Waals surface area contributed by atoms with Crippen molar-refractivity contribution >= 4 is 21.8 Å². The minimum atomic E-state index is -3.85. The molecule has 0 saturated heterocycles. The number of nitrogens with two attached hydrogens (primary N) is 1. The van der Waals surface area contributed by atoms with Gasteiger partial charge in [-0.15, -0.1) is 0 Å². The molecule has 0 spiro atoms. The molecule has 7 nitrogen and oxygen atoms in total. The number of carbonyl (C=O) groups is 2. The van der Waals surface area contributed by atoms with Gasteiger partial charge in [0, 0.05) is 11.5 Å². The number of amides is 2. The van der Waals surface area contributed by atoms with Crippen LogP contribution in [0.2, 0.25) is 0 Å². The first-order valence-corrected chi connectivity index (χ1v) is 13.7. The van der Waals surface area contributed by atoms with E-state index in [1.165, 1.54) is 0 Å². The van der Waals surface area contributed by atoms with E-state index in [-0.39, 0.29) is 34.6 Å². The van der Waals surface area contributed by atoms with Crippen molar-refractivity contribution in [2.75, 3.05) is 0 Å². The molecule has 33 heavy (non-hydrogen) atoms. The molecule has 6 rings (SSSR count). The molecular weight excluding hydrogens is 438 g/mol. The van der Waals surface area contributed by atoms with Gasteiger partial charge in [0.1, 0.15) is 5.54 Å². The fraction of sp³-hybridized carbons (Fsp3) is 0.680. The largest absolute Gasteiger partial charge is 0.369 e. The maximum Gasteiger partial charge on any atom is 0.241 e. The summed E-state index contributed by atoms with van der Waals surface area (Å²) in [5.41, 5.74) is 5.88. The van der Waals surface area contributed by atoms with Crippen molar-refractivity contribution in [3.63, 3.8) is 0 Å². The second-order valence-electron chi connectivity index (χ2n) is 11.2. The van der Waals surface area contributed by atoms with E-state index in [0.717, 1.165) is 50.5 Å². The summed E-state index contributed by atoms with van der Waals surface area (Å²) in [6.07, 6.45) is 7.01. The number of benzene rings is 1. The predicted molar refractivity (Wildman–Crippen MR) is 125 cm³/mol. The molecule has 5 aliphatic rings. The summed E-state index contributed by atoms with van der Waals surface area (Å²) < 4.78 is 29.6. The fourth-order valence-electron chi connectivity index (χ4n) is 7.53. The van der Waals surface area contributed by atoms with Gasteiger partial charge in [-0.1, -0.05) is 25.0 Å². The highest BCUT2D eigenvalue weighted by Gasteiger charge is 2.59. The zero-order valence-electron chi connectivity index (χ0n) is 19.5. The number of carbonyl (C=O) groups excluding carboxylic acids is 2. The van der Waals surface area contributed by atoms with Gasteiger partial charge in [-0.3, -0.25) is 9.59 Å². The van der Waals surface area contributed by atoms with E-state index in [9.17, 15) is 18.0 Å². The van der Waals surface area contributed by atoms with Gasteiger partial charge < -0.3 is 11.1 Å². The van der Waals surface area contributed by atoms with Crippen molar-refractivity contribution in [3.8, 4) is 0 Å². The second-order valence-corrected chi connectivity index (χ2v) is 12.9. The molecule has 1 aromatic carbocycles. The van der Waals surface area contributed by atoms with Crippen LogP contribution in [0.5, 0.6) is 0 Å². The van der Waals surface area contributed by atoms with Crippen molar-refractivity contribution in [2.24, 2.45) is 28.9 Å². The summed E-state index contributed by atoms with van der Waals surface area (Å²) in [7, 11) is -3.85. The minimum absolute atomic E-state index is 0.00999. The van der Waals surface area contributed by atoms with Gasteiger partial charge in [-0.2, -0.15) is 4.72 Å². The van der Waals surface area contributed by atoms with Crippen molar-refractivity contribution in [3.05, 3.63) is 29.3 Å². The Balaban J connectivity index is 1.38. The molecule has 4 N–H and O–H groups in total. The quantitative estimate of drug-likeness (QED) is 0.589. The number of rotatable bonds is 6. The van der Waals surface area contributed by atoms with Gasteiger partial charge in [0.15, 0.2) is 0 Å². The summed E-state index contributed by atoms with van der Waals surface area (Å²) in [5, 5.41) is 3.28. The Morgan fingerprint density at radius 2 is 1.67 bits per heavy atom. The number of hydrogen-bond donors (Lipinski definition) is 3. The lowest BCUT2D eigenvalue weighted by molar-refractivity contribution is -0.148. The van der Waals surface area contributed by atoms with Gasteiger partial charge in [0.25, 0.3) is 0 Å². The van der Waals surface area contributed by atoms with Crippen LogP contribution in [-0.4, -0.2) is 31.8 Å². The molecule has 0 heterocycles. The first kappa shape index (κ1) is 22.8. The van der Waals surface area contributed by atoms with Gasteiger partial charge in [-0.25, -0.2) is 8.42 Å². The number of nitrogens with one attached hydrogen (secondary N) is 2. The monoisotopic (exact) mass is 473 g/mol. The molecule has 2 unspecified atom stereocenters. The van der Waals surface area contributed by atoms with E-state index in [0.29, 0.717) is 24.3 Å². The Bertz CT molecular complexity index is 1080. The molecule has 0 radical (unpaired) electrons. The average Bonchev–Trinajstić information content (AvgIpc) is 3.21. The summed E-state index contributed by atoms with van der Waals surface area (Å²) in [5.74, 6) is 0.578. The van der Waals surface area contributed by atoms with Gasteiger partial charge in [-0.05, 0) is 93.7 Å². The lowest BCUT2D eigenvalue weighted by Crippen LogP contribution is -2.65. The highest BCUT2D eigenvalue weighted by Crippen LogP contribution is 2.60. The highest BCUT2D eigenvalue weighted by molar-refractivity contribution is 7.89. The maximum absolute atomic E-state index is 13.7. The van der Waals surface area contributed by atoms with E-state index in [1.807, 2.05) is 13.0 Å². The first-order chi connectivity index (χ1) is 15.6. The van der Waals surface area contributed by atoms with E-state index >= 15 is 0 Å². The van der Waals surface area contributed by atoms with Gasteiger partial charge in [0.2, 0.25) is 21.8 Å². The predicted octanol–water partition coefficient (Wildman–Crippen LogP) is 2.69. The van der Waals surface area contributed by atoms with Crippen molar-refractivity contribution in [1.82, 2.24) is 10.0 Å². The van der Waals surface area contributed by atoms with Crippen molar-refractivity contribution < 1.29 is 18.0 Å². The Hall–Kier alpha value is -1.93. The zero-order chi connectivity index (χ0) is 23.6. The SMILES string of the molecule is Cc1cccc(S(=O)(=O)NC2(C(=O)NC3C4CC5CC3CC(C(N)=O)(C5)C4)CCCC2)c1C. The Morgan fingerprint density at radius 1 is 1.03 bits per heavy atom. The molecule has 2 amide bonds. The van der Waals surface area contributed by atoms with Crippen molar-refractivity contribution in [2.45, 2.75) is 88.1 Å². The molecule has 0 aromatic heterocycles. The van der Waals surface area contributed by atoms with E-state index in [1.54, 1.807) is 19.1 Å². The molecule has 5 aliphatic carbocycles. The Kier molecular flexibility index (Phi) is 5.40. The normalized spacial score (nSPS) is 34.4. The number of primary amides is 1. The number of aryl methyl sites for hydroxylation is 1. The molecule has 8 heteroatoms. The standard InChI is InChI=1S/C25H35N3O4S/c1-15-6-5-7-20(16(15)2)33(31,32)28-25(8-3-4-9-25)23(30)27-21-18-10-17-11-19(21)14-24(12-17,13-18)22(26)29/h5-7,17-19,21,28H,3-4,8-14H2,1-2H3,(H2,26,29)(H,27,30). The topological polar surface area (TPSA) is 118 Å². The summed E-state index contributed by atoms with van der Waals surface area (Å²) >= 11 is 0. The van der Waals surface area contributed by atoms with Crippen LogP contribution in [0.4, 0.5) is 0 Å². The second kappa shape index (κ2) is 7.80. The molecule has 0 aliphatic heterocycles. The summed E-state index contributed by atoms with van der Waals surface area (Å²) in [4.78, 5) is 26.2. The van der Waals surface area contributed by atoms with Crippen LogP contribution in [0, 0.1) is 37.0 Å². The van der Waals surface area contributed by atoms with Crippen LogP contribution in [-0.2, 0) is 19.6 Å². The average molecular weight is 474 g/mol. The zero-order valence-corrected chi connectivity index (χ0v) is 20.3. The first-order valence-electron chi connectivity index (χ1n) is 12.3. The summed E-state index contributed by atoms with van der Waals surface area (Å²) in [6, 6.07) is 5.22. The fourth-order valence-corrected chi connectivity index (χ4v) is 9.28. The van der Waals surface area contributed by atoms with E-state index in [2.05, 4.69) is 10.0 Å². The summed E-state index contributed by atoms with van der Waals surface area (Å²) in [6.45, 7) is 3.69. The number of hydrogen-bond acceptors (Lipinski definition) is 4. The lowest BCUT2D eigenvalue weighted by Gasteiger charge is -2.59. The van der Waals surface area contributed by atoms with Crippen molar-refractivity contribution in [1.29, 1.82) is 0 Å². The van der Waals surface area contributed by atoms with Crippen LogP contribution in [0.25, 0.3) is 0 Å². The maximum atomic E-state index is 13.7. The molecular formula is C25H35N3O4S. The smallest absolute Gasteiger partial charge is 0.241 e. The van der Waals surface area contributed by atoms with Crippen LogP contribution < -0.4 is 15.8 Å². The minimum Gasteiger partial charge on any atom is -0.369 e. The van der Waals surface area contributed by atoms with E-state index in [4.69, 9.17) is 5.73 Å². The van der Waals surface area contributed by atoms with Crippen LogP contribution in [0.15, 0.2) is 23.1 Å². The number of sulfonamides is 1. The van der Waals surface area contributed by atoms with E-state index < -0.39 is 21.0 Å². The molecule has 5 saturated carbocycles. The Labute approximate surface area is 196 Å². The Morgan fingerprint density at radius 3 is 2.27 bits per heavy atom. The third-order valence-electron chi connectivity index (χ3n) is 9.16. The van der Waals surface area contributed by atoms with Gasteiger partial charge >= 0.3 is 0 Å². The van der Waals surface area contributed by atoms with Crippen LogP contribution >= 0.6 is 0 Å². The third kappa shape index (κ3) is 3.70. The highest BCUT2D eigenvalue weighted by atomic mass is 32.2. The third-order valence-corrected chi connectivity index (χ3v) is 10.8. The molecule has 4 bridgehead atoms. The molecule has 2 atom stereocenters. The van der Waals surface area contributed by atoms with Crippen LogP contribution in [0.1, 0.15) is 68.9 Å². The lowest BCUT2D eigenvalue weighted by atomic mass is 9.47. The molecule has 180 valence electrons. The molecule has 5 fully saturated rings. The van der Waals surface area contributed by atoms with Gasteiger partial charge in [0.05, 0.1) is 4.90 Å². The van der Waals surface area contributed by atoms with Crippen LogP contribution in [0.3, 0.4) is 0 Å². The molecule has 1 aromatic rings.